The molecule has 0 radical (unpaired) electrons. The second-order valence-electron chi connectivity index (χ2n) is 4.54. The average Bonchev–Trinajstić information content (AvgIpc) is 3.18. The summed E-state index contributed by atoms with van der Waals surface area (Å²) in [6.07, 6.45) is 1.56. The van der Waals surface area contributed by atoms with Crippen molar-refractivity contribution < 1.29 is 9.21 Å². The minimum Gasteiger partial charge on any atom is -0.467 e. The number of rotatable bonds is 5. The number of thiophene rings is 1. The van der Waals surface area contributed by atoms with E-state index in [0.29, 0.717) is 27.7 Å². The van der Waals surface area contributed by atoms with Crippen LogP contribution in [-0.4, -0.2) is 21.2 Å². The lowest BCUT2D eigenvalue weighted by Gasteiger charge is -2.07. The fraction of sp³-hybridized carbons (Fsp3) is 0.214. The zero-order chi connectivity index (χ0) is 15.5. The summed E-state index contributed by atoms with van der Waals surface area (Å²) in [6.45, 7) is 0.350. The van der Waals surface area contributed by atoms with Gasteiger partial charge in [-0.1, -0.05) is 11.8 Å². The predicted octanol–water partition coefficient (Wildman–Crippen LogP) is 2.00. The van der Waals surface area contributed by atoms with Crippen LogP contribution in [0.15, 0.2) is 44.2 Å². The molecule has 0 aliphatic carbocycles. The molecule has 8 heteroatoms. The van der Waals surface area contributed by atoms with Gasteiger partial charge in [-0.2, -0.15) is 0 Å². The maximum absolute atomic E-state index is 12.1. The second-order valence-corrected chi connectivity index (χ2v) is 6.40. The number of nitrogens with one attached hydrogen (secondary N) is 1. The Labute approximate surface area is 134 Å². The van der Waals surface area contributed by atoms with Gasteiger partial charge in [0.25, 0.3) is 5.56 Å². The van der Waals surface area contributed by atoms with E-state index in [1.807, 2.05) is 11.4 Å². The van der Waals surface area contributed by atoms with Crippen LogP contribution in [0.2, 0.25) is 0 Å². The number of carbonyl (C=O) groups excluding carboxylic acids is 1. The molecular formula is C14H13N3O3S2. The summed E-state index contributed by atoms with van der Waals surface area (Å²) in [7, 11) is 1.66. The first-order valence-corrected chi connectivity index (χ1v) is 8.38. The normalized spacial score (nSPS) is 11.0. The molecule has 0 saturated carbocycles. The summed E-state index contributed by atoms with van der Waals surface area (Å²) in [4.78, 5) is 28.4. The Morgan fingerprint density at radius 1 is 1.50 bits per heavy atom. The van der Waals surface area contributed by atoms with E-state index in [1.165, 1.54) is 27.7 Å². The van der Waals surface area contributed by atoms with Gasteiger partial charge >= 0.3 is 0 Å². The highest BCUT2D eigenvalue weighted by Gasteiger charge is 2.11. The van der Waals surface area contributed by atoms with Gasteiger partial charge in [-0.25, -0.2) is 4.98 Å². The lowest BCUT2D eigenvalue weighted by Crippen LogP contribution is -2.25. The van der Waals surface area contributed by atoms with Gasteiger partial charge < -0.3 is 9.73 Å². The Morgan fingerprint density at radius 2 is 2.36 bits per heavy atom. The van der Waals surface area contributed by atoms with Crippen molar-refractivity contribution in [3.8, 4) is 0 Å². The fourth-order valence-corrected chi connectivity index (χ4v) is 3.48. The van der Waals surface area contributed by atoms with Gasteiger partial charge in [-0.3, -0.25) is 14.2 Å². The number of amides is 1. The quantitative estimate of drug-likeness (QED) is 0.570. The molecule has 0 saturated heterocycles. The third kappa shape index (κ3) is 3.07. The Bertz CT molecular complexity index is 852. The molecule has 1 amide bonds. The fourth-order valence-electron chi connectivity index (χ4n) is 1.88. The third-order valence-corrected chi connectivity index (χ3v) is 4.94. The largest absolute Gasteiger partial charge is 0.467 e. The predicted molar refractivity (Wildman–Crippen MR) is 86.1 cm³/mol. The molecule has 3 heterocycles. The van der Waals surface area contributed by atoms with Gasteiger partial charge in [0.15, 0.2) is 5.16 Å². The summed E-state index contributed by atoms with van der Waals surface area (Å²) in [6, 6.07) is 5.37. The van der Waals surface area contributed by atoms with E-state index < -0.39 is 0 Å². The average molecular weight is 335 g/mol. The van der Waals surface area contributed by atoms with Crippen LogP contribution in [0.25, 0.3) is 10.2 Å². The van der Waals surface area contributed by atoms with E-state index in [9.17, 15) is 9.59 Å². The van der Waals surface area contributed by atoms with Gasteiger partial charge in [0, 0.05) is 7.05 Å². The Balaban J connectivity index is 1.64. The Morgan fingerprint density at radius 3 is 3.14 bits per heavy atom. The molecule has 3 aromatic heterocycles. The molecule has 3 rings (SSSR count). The van der Waals surface area contributed by atoms with E-state index in [1.54, 1.807) is 25.4 Å². The number of hydrogen-bond donors (Lipinski definition) is 1. The van der Waals surface area contributed by atoms with Gasteiger partial charge in [-0.15, -0.1) is 11.3 Å². The lowest BCUT2D eigenvalue weighted by atomic mass is 10.4. The molecular weight excluding hydrogens is 322 g/mol. The zero-order valence-electron chi connectivity index (χ0n) is 11.7. The highest BCUT2D eigenvalue weighted by atomic mass is 32.2. The number of hydrogen-bond acceptors (Lipinski definition) is 6. The van der Waals surface area contributed by atoms with Crippen molar-refractivity contribution in [2.75, 3.05) is 5.75 Å². The van der Waals surface area contributed by atoms with E-state index in [0.717, 1.165) is 0 Å². The minimum absolute atomic E-state index is 0.0847. The van der Waals surface area contributed by atoms with Crippen molar-refractivity contribution in [1.82, 2.24) is 14.9 Å². The first kappa shape index (κ1) is 14.9. The van der Waals surface area contributed by atoms with Gasteiger partial charge in [0.1, 0.15) is 10.5 Å². The summed E-state index contributed by atoms with van der Waals surface area (Å²) in [5.74, 6) is 0.751. The molecule has 0 aliphatic heterocycles. The summed E-state index contributed by atoms with van der Waals surface area (Å²) >= 11 is 2.61. The highest BCUT2D eigenvalue weighted by molar-refractivity contribution is 7.99. The topological polar surface area (TPSA) is 77.1 Å². The van der Waals surface area contributed by atoms with Crippen LogP contribution in [0.5, 0.6) is 0 Å². The SMILES string of the molecule is Cn1c(SCC(=O)NCc2ccco2)nc2ccsc2c1=O. The Kier molecular flexibility index (Phi) is 4.30. The van der Waals surface area contributed by atoms with E-state index >= 15 is 0 Å². The first-order chi connectivity index (χ1) is 10.6. The molecule has 0 spiro atoms. The molecule has 0 unspecified atom stereocenters. The van der Waals surface area contributed by atoms with Gasteiger partial charge in [0.2, 0.25) is 5.91 Å². The second kappa shape index (κ2) is 6.37. The third-order valence-electron chi connectivity index (χ3n) is 3.02. The monoisotopic (exact) mass is 335 g/mol. The number of nitrogens with zero attached hydrogens (tertiary/aromatic N) is 2. The van der Waals surface area contributed by atoms with Crippen LogP contribution in [0.1, 0.15) is 5.76 Å². The van der Waals surface area contributed by atoms with Crippen molar-refractivity contribution in [2.24, 2.45) is 7.05 Å². The van der Waals surface area contributed by atoms with Crippen molar-refractivity contribution in [3.63, 3.8) is 0 Å². The van der Waals surface area contributed by atoms with E-state index in [-0.39, 0.29) is 17.2 Å². The van der Waals surface area contributed by atoms with E-state index in [4.69, 9.17) is 4.42 Å². The van der Waals surface area contributed by atoms with Gasteiger partial charge in [-0.05, 0) is 23.6 Å². The van der Waals surface area contributed by atoms with Crippen LogP contribution in [0, 0.1) is 0 Å². The van der Waals surface area contributed by atoms with Crippen LogP contribution in [0.4, 0.5) is 0 Å². The summed E-state index contributed by atoms with van der Waals surface area (Å²) in [5, 5.41) is 5.12. The minimum atomic E-state index is -0.138. The van der Waals surface area contributed by atoms with Crippen LogP contribution in [-0.2, 0) is 18.4 Å². The van der Waals surface area contributed by atoms with Crippen molar-refractivity contribution in [3.05, 3.63) is 46.0 Å². The molecule has 0 aromatic carbocycles. The molecule has 6 nitrogen and oxygen atoms in total. The van der Waals surface area contributed by atoms with Crippen molar-refractivity contribution in [2.45, 2.75) is 11.7 Å². The zero-order valence-corrected chi connectivity index (χ0v) is 13.4. The van der Waals surface area contributed by atoms with Crippen molar-refractivity contribution in [1.29, 1.82) is 0 Å². The van der Waals surface area contributed by atoms with Crippen LogP contribution in [0.3, 0.4) is 0 Å². The molecule has 0 bridgehead atoms. The molecule has 3 aromatic rings. The number of fused-ring (bicyclic) bond motifs is 1. The molecule has 114 valence electrons. The molecule has 0 fully saturated rings. The number of carbonyl (C=O) groups is 1. The maximum Gasteiger partial charge on any atom is 0.271 e. The van der Waals surface area contributed by atoms with Crippen molar-refractivity contribution >= 4 is 39.2 Å². The van der Waals surface area contributed by atoms with Gasteiger partial charge in [0.05, 0.1) is 24.1 Å². The van der Waals surface area contributed by atoms with Crippen LogP contribution < -0.4 is 10.9 Å². The summed E-state index contributed by atoms with van der Waals surface area (Å²) in [5.41, 5.74) is 0.588. The molecule has 0 atom stereocenters. The number of aromatic nitrogens is 2. The highest BCUT2D eigenvalue weighted by Crippen LogP contribution is 2.19. The summed E-state index contributed by atoms with van der Waals surface area (Å²) < 4.78 is 7.25. The maximum atomic E-state index is 12.1. The Hall–Kier alpha value is -2.06. The molecule has 1 N–H and O–H groups in total. The lowest BCUT2D eigenvalue weighted by molar-refractivity contribution is -0.118. The molecule has 22 heavy (non-hydrogen) atoms. The molecule has 0 aliphatic rings. The van der Waals surface area contributed by atoms with Crippen LogP contribution >= 0.6 is 23.1 Å². The first-order valence-electron chi connectivity index (χ1n) is 6.51. The standard InChI is InChI=1S/C14H13N3O3S2/c1-17-13(19)12-10(4-6-21-12)16-14(17)22-8-11(18)15-7-9-3-2-5-20-9/h2-6H,7-8H2,1H3,(H,15,18). The smallest absolute Gasteiger partial charge is 0.271 e. The number of furan rings is 1. The van der Waals surface area contributed by atoms with E-state index in [2.05, 4.69) is 10.3 Å². The number of thioether (sulfide) groups is 1.